The van der Waals surface area contributed by atoms with Gasteiger partial charge in [0.25, 0.3) is 0 Å². The number of methoxy groups -OCH3 is 2. The molecular weight excluding hydrogens is 424 g/mol. The van der Waals surface area contributed by atoms with Gasteiger partial charge >= 0.3 is 12.1 Å². The predicted octanol–water partition coefficient (Wildman–Crippen LogP) is 2.43. The average Bonchev–Trinajstić information content (AvgIpc) is 3.27. The molecule has 2 aromatic carbocycles. The third kappa shape index (κ3) is 4.80. The lowest BCUT2D eigenvalue weighted by atomic mass is 10.2. The van der Waals surface area contributed by atoms with Crippen LogP contribution < -0.4 is 4.74 Å². The Morgan fingerprint density at radius 3 is 2.45 bits per heavy atom. The Morgan fingerprint density at radius 2 is 1.87 bits per heavy atom. The molecule has 0 aliphatic carbocycles. The molecule has 1 aliphatic heterocycles. The number of esters is 1. The van der Waals surface area contributed by atoms with Crippen LogP contribution in [0.25, 0.3) is 0 Å². The van der Waals surface area contributed by atoms with Crippen molar-refractivity contribution in [3.05, 3.63) is 59.7 Å². The summed E-state index contributed by atoms with van der Waals surface area (Å²) < 4.78 is 38.8. The van der Waals surface area contributed by atoms with E-state index in [2.05, 4.69) is 0 Å². The molecule has 1 aliphatic rings. The summed E-state index contributed by atoms with van der Waals surface area (Å²) in [5.41, 5.74) is 0.822. The first-order valence-corrected chi connectivity index (χ1v) is 11.0. The third-order valence-corrected chi connectivity index (χ3v) is 7.11. The van der Waals surface area contributed by atoms with Crippen LogP contribution in [0.2, 0.25) is 0 Å². The van der Waals surface area contributed by atoms with Crippen LogP contribution in [-0.2, 0) is 21.3 Å². The first-order valence-electron chi connectivity index (χ1n) is 9.58. The number of benzene rings is 2. The van der Waals surface area contributed by atoms with Crippen molar-refractivity contribution < 1.29 is 32.6 Å². The number of carboxylic acid groups (broad SMARTS) is 1. The lowest BCUT2D eigenvalue weighted by Gasteiger charge is -2.29. The second-order valence-corrected chi connectivity index (χ2v) is 8.92. The van der Waals surface area contributed by atoms with Crippen molar-refractivity contribution in [2.45, 2.75) is 23.9 Å². The highest BCUT2D eigenvalue weighted by Gasteiger charge is 2.39. The van der Waals surface area contributed by atoms with Gasteiger partial charge in [0.05, 0.1) is 19.8 Å². The lowest BCUT2D eigenvalue weighted by molar-refractivity contribution is 0.0600. The summed E-state index contributed by atoms with van der Waals surface area (Å²) in [4.78, 5) is 24.4. The zero-order valence-electron chi connectivity index (χ0n) is 17.2. The molecule has 166 valence electrons. The normalized spacial score (nSPS) is 16.4. The topological polar surface area (TPSA) is 113 Å². The monoisotopic (exact) mass is 448 g/mol. The van der Waals surface area contributed by atoms with E-state index in [1.54, 1.807) is 24.3 Å². The number of likely N-dealkylation sites (tertiary alicyclic amines) is 1. The van der Waals surface area contributed by atoms with Crippen LogP contribution >= 0.6 is 0 Å². The number of nitrogens with zero attached hydrogens (tertiary/aromatic N) is 2. The minimum absolute atomic E-state index is 0.0485. The summed E-state index contributed by atoms with van der Waals surface area (Å²) in [7, 11) is -1.61. The van der Waals surface area contributed by atoms with E-state index in [1.165, 1.54) is 41.6 Å². The summed E-state index contributed by atoms with van der Waals surface area (Å²) in [6.45, 7) is 0.341. The molecule has 1 saturated heterocycles. The molecule has 1 N–H and O–H groups in total. The Morgan fingerprint density at radius 1 is 1.16 bits per heavy atom. The Labute approximate surface area is 180 Å². The smallest absolute Gasteiger partial charge is 0.407 e. The number of carbonyl (C=O) groups excluding carboxylic acids is 1. The van der Waals surface area contributed by atoms with E-state index in [1.807, 2.05) is 6.07 Å². The minimum Gasteiger partial charge on any atom is -0.495 e. The fraction of sp³-hybridized carbons (Fsp3) is 0.333. The highest BCUT2D eigenvalue weighted by Crippen LogP contribution is 2.32. The molecule has 31 heavy (non-hydrogen) atoms. The van der Waals surface area contributed by atoms with Gasteiger partial charge in [-0.15, -0.1) is 0 Å². The Bertz CT molecular complexity index is 1060. The van der Waals surface area contributed by atoms with Gasteiger partial charge in [-0.05, 0) is 30.2 Å². The minimum atomic E-state index is -4.16. The first-order chi connectivity index (χ1) is 14.8. The maximum Gasteiger partial charge on any atom is 0.407 e. The highest BCUT2D eigenvalue weighted by atomic mass is 32.2. The standard InChI is InChI=1S/C21H24N2O7S/c1-29-18-9-8-16(20(24)30-2)12-19(18)31(27,28)23(13-15-6-4-3-5-7-15)17-10-11-22(14-17)21(25)26/h3-9,12,17H,10-11,13-14H2,1-2H3,(H,25,26)/t17-/m1/s1. The summed E-state index contributed by atoms with van der Waals surface area (Å²) in [5, 5.41) is 9.32. The number of sulfonamides is 1. The number of hydrogen-bond donors (Lipinski definition) is 1. The molecular formula is C21H24N2O7S. The van der Waals surface area contributed by atoms with Crippen molar-refractivity contribution >= 4 is 22.1 Å². The zero-order valence-corrected chi connectivity index (χ0v) is 18.0. The van der Waals surface area contributed by atoms with Gasteiger partial charge in [0.2, 0.25) is 10.0 Å². The van der Waals surface area contributed by atoms with E-state index in [0.717, 1.165) is 5.56 Å². The molecule has 0 spiro atoms. The van der Waals surface area contributed by atoms with E-state index in [-0.39, 0.29) is 35.8 Å². The van der Waals surface area contributed by atoms with Crippen LogP contribution in [0.5, 0.6) is 5.75 Å². The molecule has 1 fully saturated rings. The molecule has 0 aromatic heterocycles. The van der Waals surface area contributed by atoms with E-state index in [4.69, 9.17) is 9.47 Å². The average molecular weight is 448 g/mol. The SMILES string of the molecule is COC(=O)c1ccc(OC)c(S(=O)(=O)N(Cc2ccccc2)[C@@H]2CCN(C(=O)O)C2)c1. The Hall–Kier alpha value is -3.11. The van der Waals surface area contributed by atoms with Crippen molar-refractivity contribution in [2.24, 2.45) is 0 Å². The van der Waals surface area contributed by atoms with Crippen molar-refractivity contribution in [3.8, 4) is 5.75 Å². The van der Waals surface area contributed by atoms with Gasteiger partial charge in [0.15, 0.2) is 0 Å². The number of hydrogen-bond acceptors (Lipinski definition) is 6. The zero-order chi connectivity index (χ0) is 22.6. The van der Waals surface area contributed by atoms with E-state index >= 15 is 0 Å². The first kappa shape index (κ1) is 22.6. The van der Waals surface area contributed by atoms with Crippen LogP contribution in [0, 0.1) is 0 Å². The second-order valence-electron chi connectivity index (χ2n) is 7.06. The molecule has 3 rings (SSSR count). The molecule has 0 unspecified atom stereocenters. The molecule has 0 saturated carbocycles. The summed E-state index contributed by atoms with van der Waals surface area (Å²) in [6.07, 6.45) is -0.734. The molecule has 0 radical (unpaired) electrons. The largest absolute Gasteiger partial charge is 0.495 e. The molecule has 2 aromatic rings. The summed E-state index contributed by atoms with van der Waals surface area (Å²) in [5.74, 6) is -0.592. The van der Waals surface area contributed by atoms with E-state index in [9.17, 15) is 23.1 Å². The van der Waals surface area contributed by atoms with Crippen LogP contribution in [0.15, 0.2) is 53.4 Å². The Kier molecular flexibility index (Phi) is 6.81. The molecule has 1 heterocycles. The van der Waals surface area contributed by atoms with Crippen LogP contribution in [0.4, 0.5) is 4.79 Å². The van der Waals surface area contributed by atoms with Crippen LogP contribution in [0.1, 0.15) is 22.3 Å². The number of carbonyl (C=O) groups is 2. The number of ether oxygens (including phenoxy) is 2. The van der Waals surface area contributed by atoms with Gasteiger partial charge in [0, 0.05) is 25.7 Å². The third-order valence-electron chi connectivity index (χ3n) is 5.19. The Balaban J connectivity index is 2.07. The lowest BCUT2D eigenvalue weighted by Crippen LogP contribution is -2.42. The molecule has 0 bridgehead atoms. The van der Waals surface area contributed by atoms with Gasteiger partial charge in [0.1, 0.15) is 10.6 Å². The maximum absolute atomic E-state index is 13.8. The summed E-state index contributed by atoms with van der Waals surface area (Å²) in [6, 6.07) is 12.5. The molecule has 10 heteroatoms. The van der Waals surface area contributed by atoms with Gasteiger partial charge < -0.3 is 19.5 Å². The fourth-order valence-corrected chi connectivity index (χ4v) is 5.39. The number of rotatable bonds is 7. The van der Waals surface area contributed by atoms with Crippen LogP contribution in [-0.4, -0.2) is 68.1 Å². The fourth-order valence-electron chi connectivity index (χ4n) is 3.57. The van der Waals surface area contributed by atoms with Gasteiger partial charge in [-0.1, -0.05) is 30.3 Å². The van der Waals surface area contributed by atoms with Crippen molar-refractivity contribution in [1.29, 1.82) is 0 Å². The molecule has 1 amide bonds. The van der Waals surface area contributed by atoms with Gasteiger partial charge in [-0.2, -0.15) is 4.31 Å². The van der Waals surface area contributed by atoms with Gasteiger partial charge in [-0.25, -0.2) is 18.0 Å². The predicted molar refractivity (Wildman–Crippen MR) is 112 cm³/mol. The van der Waals surface area contributed by atoms with E-state index < -0.39 is 28.1 Å². The maximum atomic E-state index is 13.8. The quantitative estimate of drug-likeness (QED) is 0.647. The molecule has 1 atom stereocenters. The van der Waals surface area contributed by atoms with Crippen molar-refractivity contribution in [3.63, 3.8) is 0 Å². The van der Waals surface area contributed by atoms with Crippen molar-refractivity contribution in [1.82, 2.24) is 9.21 Å². The van der Waals surface area contributed by atoms with Crippen LogP contribution in [0.3, 0.4) is 0 Å². The van der Waals surface area contributed by atoms with Crippen molar-refractivity contribution in [2.75, 3.05) is 27.3 Å². The second kappa shape index (κ2) is 9.36. The summed E-state index contributed by atoms with van der Waals surface area (Å²) >= 11 is 0. The van der Waals surface area contributed by atoms with E-state index in [0.29, 0.717) is 6.42 Å². The number of amides is 1. The molecule has 9 nitrogen and oxygen atoms in total. The highest BCUT2D eigenvalue weighted by molar-refractivity contribution is 7.89. The van der Waals surface area contributed by atoms with Gasteiger partial charge in [-0.3, -0.25) is 0 Å².